The fourth-order valence-electron chi connectivity index (χ4n) is 1.63. The van der Waals surface area contributed by atoms with Gasteiger partial charge in [-0.1, -0.05) is 0 Å². The first kappa shape index (κ1) is 8.84. The standard InChI is InChI=1S/C11H8N4O/c16-15-9-4-2-6-13-10(9)14-11(15)8-3-1-5-12-7-8/h1-7H,(H,13,14). The van der Waals surface area contributed by atoms with Crippen molar-refractivity contribution in [3.63, 3.8) is 0 Å². The second kappa shape index (κ2) is 3.30. The Hall–Kier alpha value is -2.43. The van der Waals surface area contributed by atoms with E-state index in [1.807, 2.05) is 6.07 Å². The minimum Gasteiger partial charge on any atom is -0.710 e. The van der Waals surface area contributed by atoms with Crippen LogP contribution in [0.5, 0.6) is 0 Å². The number of aromatic amines is 1. The Bertz CT molecular complexity index is 633. The lowest BCUT2D eigenvalue weighted by atomic mass is 10.3. The van der Waals surface area contributed by atoms with Crippen molar-refractivity contribution < 1.29 is 4.73 Å². The molecule has 5 nitrogen and oxygen atoms in total. The highest BCUT2D eigenvalue weighted by Gasteiger charge is 2.15. The minimum absolute atomic E-state index is 0.460. The molecule has 0 amide bonds. The first-order valence-electron chi connectivity index (χ1n) is 4.83. The summed E-state index contributed by atoms with van der Waals surface area (Å²) >= 11 is 0. The average molecular weight is 212 g/mol. The zero-order valence-corrected chi connectivity index (χ0v) is 8.29. The molecular formula is C11H8N4O. The molecule has 5 heteroatoms. The quantitative estimate of drug-likeness (QED) is 0.487. The van der Waals surface area contributed by atoms with Crippen LogP contribution in [-0.2, 0) is 0 Å². The van der Waals surface area contributed by atoms with E-state index in [-0.39, 0.29) is 0 Å². The summed E-state index contributed by atoms with van der Waals surface area (Å²) in [5, 5.41) is 11.9. The maximum atomic E-state index is 11.9. The van der Waals surface area contributed by atoms with Crippen LogP contribution in [-0.4, -0.2) is 15.0 Å². The number of nitrogens with one attached hydrogen (secondary N) is 1. The summed E-state index contributed by atoms with van der Waals surface area (Å²) in [7, 11) is 0. The monoisotopic (exact) mass is 212 g/mol. The van der Waals surface area contributed by atoms with Gasteiger partial charge in [-0.25, -0.2) is 14.7 Å². The maximum absolute atomic E-state index is 11.9. The Morgan fingerprint density at radius 2 is 2.06 bits per heavy atom. The second-order valence-corrected chi connectivity index (χ2v) is 3.38. The topological polar surface area (TPSA) is 68.5 Å². The lowest BCUT2D eigenvalue weighted by Crippen LogP contribution is -2.26. The number of pyridine rings is 2. The molecule has 1 N–H and O–H groups in total. The molecule has 0 radical (unpaired) electrons. The number of fused-ring (bicyclic) bond motifs is 1. The fraction of sp³-hybridized carbons (Fsp3) is 0. The van der Waals surface area contributed by atoms with E-state index >= 15 is 0 Å². The molecule has 0 aliphatic heterocycles. The van der Waals surface area contributed by atoms with E-state index in [9.17, 15) is 5.21 Å². The van der Waals surface area contributed by atoms with Crippen LogP contribution in [0.1, 0.15) is 0 Å². The van der Waals surface area contributed by atoms with Crippen LogP contribution in [0, 0.1) is 5.21 Å². The van der Waals surface area contributed by atoms with Crippen molar-refractivity contribution in [2.45, 2.75) is 0 Å². The van der Waals surface area contributed by atoms with Crippen LogP contribution in [0.15, 0.2) is 42.9 Å². The smallest absolute Gasteiger partial charge is 0.293 e. The average Bonchev–Trinajstić information content (AvgIpc) is 2.69. The third kappa shape index (κ3) is 1.22. The summed E-state index contributed by atoms with van der Waals surface area (Å²) in [5.41, 5.74) is 1.85. The van der Waals surface area contributed by atoms with Crippen LogP contribution < -0.4 is 4.73 Å². The fourth-order valence-corrected chi connectivity index (χ4v) is 1.63. The third-order valence-electron chi connectivity index (χ3n) is 2.38. The molecule has 0 spiro atoms. The van der Waals surface area contributed by atoms with Gasteiger partial charge in [0.2, 0.25) is 0 Å². The Kier molecular flexibility index (Phi) is 1.83. The first-order chi connectivity index (χ1) is 7.86. The number of H-pyrrole nitrogens is 1. The number of rotatable bonds is 1. The molecule has 3 aromatic heterocycles. The highest BCUT2D eigenvalue weighted by atomic mass is 16.5. The molecule has 0 aliphatic rings. The van der Waals surface area contributed by atoms with Crippen molar-refractivity contribution in [1.82, 2.24) is 15.0 Å². The van der Waals surface area contributed by atoms with Gasteiger partial charge in [0.05, 0.1) is 5.56 Å². The van der Waals surface area contributed by atoms with Gasteiger partial charge in [0.1, 0.15) is 0 Å². The van der Waals surface area contributed by atoms with Crippen LogP contribution in [0.4, 0.5) is 0 Å². The molecule has 3 aromatic rings. The Morgan fingerprint density at radius 1 is 1.19 bits per heavy atom. The van der Waals surface area contributed by atoms with Crippen molar-refractivity contribution in [3.8, 4) is 11.4 Å². The lowest BCUT2D eigenvalue weighted by molar-refractivity contribution is -0.564. The highest BCUT2D eigenvalue weighted by molar-refractivity contribution is 5.70. The zero-order valence-electron chi connectivity index (χ0n) is 8.29. The van der Waals surface area contributed by atoms with Crippen LogP contribution in [0.3, 0.4) is 0 Å². The van der Waals surface area contributed by atoms with Gasteiger partial charge in [-0.05, 0) is 24.3 Å². The summed E-state index contributed by atoms with van der Waals surface area (Å²) in [6.07, 6.45) is 4.95. The molecule has 0 atom stereocenters. The molecular weight excluding hydrogens is 204 g/mol. The molecule has 78 valence electrons. The van der Waals surface area contributed by atoms with Gasteiger partial charge in [0, 0.05) is 18.6 Å². The van der Waals surface area contributed by atoms with Gasteiger partial charge in [-0.3, -0.25) is 4.98 Å². The molecule has 3 rings (SSSR count). The van der Waals surface area contributed by atoms with Crippen molar-refractivity contribution >= 4 is 11.2 Å². The molecule has 3 heterocycles. The van der Waals surface area contributed by atoms with E-state index in [0.29, 0.717) is 17.0 Å². The number of hydrogen-bond acceptors (Lipinski definition) is 3. The van der Waals surface area contributed by atoms with Crippen LogP contribution >= 0.6 is 0 Å². The zero-order chi connectivity index (χ0) is 11.0. The van der Waals surface area contributed by atoms with Gasteiger partial charge >= 0.3 is 0 Å². The summed E-state index contributed by atoms with van der Waals surface area (Å²) in [5.74, 6) is 0.460. The predicted molar refractivity (Wildman–Crippen MR) is 58.3 cm³/mol. The van der Waals surface area contributed by atoms with E-state index in [4.69, 9.17) is 0 Å². The number of imidazole rings is 1. The molecule has 0 saturated carbocycles. The molecule has 0 aliphatic carbocycles. The van der Waals surface area contributed by atoms with E-state index in [2.05, 4.69) is 15.0 Å². The largest absolute Gasteiger partial charge is 0.710 e. The van der Waals surface area contributed by atoms with Crippen LogP contribution in [0.2, 0.25) is 0 Å². The number of hydrogen-bond donors (Lipinski definition) is 1. The normalized spacial score (nSPS) is 10.8. The lowest BCUT2D eigenvalue weighted by Gasteiger charge is -2.01. The number of nitrogens with zero attached hydrogens (tertiary/aromatic N) is 3. The number of aromatic nitrogens is 4. The summed E-state index contributed by atoms with van der Waals surface area (Å²) in [6.45, 7) is 0. The molecule has 16 heavy (non-hydrogen) atoms. The molecule has 0 fully saturated rings. The summed E-state index contributed by atoms with van der Waals surface area (Å²) in [6, 6.07) is 7.07. The van der Waals surface area contributed by atoms with Crippen molar-refractivity contribution in [3.05, 3.63) is 48.1 Å². The van der Waals surface area contributed by atoms with E-state index < -0.39 is 0 Å². The predicted octanol–water partition coefficient (Wildman–Crippen LogP) is 1.26. The van der Waals surface area contributed by atoms with Crippen LogP contribution in [0.25, 0.3) is 22.6 Å². The summed E-state index contributed by atoms with van der Waals surface area (Å²) < 4.78 is 0.833. The Morgan fingerprint density at radius 3 is 2.81 bits per heavy atom. The molecule has 0 unspecified atom stereocenters. The second-order valence-electron chi connectivity index (χ2n) is 3.38. The third-order valence-corrected chi connectivity index (χ3v) is 2.38. The van der Waals surface area contributed by atoms with Crippen molar-refractivity contribution in [1.29, 1.82) is 0 Å². The van der Waals surface area contributed by atoms with Gasteiger partial charge in [0.15, 0.2) is 5.52 Å². The Labute approximate surface area is 91.0 Å². The van der Waals surface area contributed by atoms with Crippen molar-refractivity contribution in [2.24, 2.45) is 0 Å². The van der Waals surface area contributed by atoms with E-state index in [1.165, 1.54) is 0 Å². The SMILES string of the molecule is [O-][n+]1c(-c2cccnc2)[nH]c2ncccc21. The summed E-state index contributed by atoms with van der Waals surface area (Å²) in [4.78, 5) is 11.1. The highest BCUT2D eigenvalue weighted by Crippen LogP contribution is 2.15. The molecule has 0 saturated heterocycles. The minimum atomic E-state index is 0.460. The van der Waals surface area contributed by atoms with E-state index in [1.54, 1.807) is 36.8 Å². The van der Waals surface area contributed by atoms with Gasteiger partial charge in [-0.15, -0.1) is 0 Å². The Balaban J connectivity index is 2.29. The van der Waals surface area contributed by atoms with Gasteiger partial charge in [0.25, 0.3) is 11.5 Å². The molecule has 0 bridgehead atoms. The van der Waals surface area contributed by atoms with E-state index in [0.717, 1.165) is 10.3 Å². The van der Waals surface area contributed by atoms with Gasteiger partial charge in [-0.2, -0.15) is 0 Å². The maximum Gasteiger partial charge on any atom is 0.293 e. The first-order valence-corrected chi connectivity index (χ1v) is 4.83. The molecule has 0 aromatic carbocycles. The van der Waals surface area contributed by atoms with Gasteiger partial charge < -0.3 is 5.21 Å². The van der Waals surface area contributed by atoms with Crippen molar-refractivity contribution in [2.75, 3.05) is 0 Å².